The molecule has 7 heteroatoms. The number of hydrogen-bond donors (Lipinski definition) is 1. The maximum Gasteiger partial charge on any atom is 0.337 e. The van der Waals surface area contributed by atoms with Crippen molar-refractivity contribution in [3.8, 4) is 0 Å². The van der Waals surface area contributed by atoms with E-state index in [-0.39, 0.29) is 5.97 Å². The number of rotatable bonds is 6. The number of β-amino-alcohol motifs (C(OH)–C–C–N with tert-alkyl or cyclic N) is 1. The summed E-state index contributed by atoms with van der Waals surface area (Å²) in [5, 5.41) is 11.4. The molecule has 1 N–H and O–H groups in total. The first-order chi connectivity index (χ1) is 15.6. The number of piperazine rings is 1. The van der Waals surface area contributed by atoms with Gasteiger partial charge in [0.1, 0.15) is 5.65 Å². The van der Waals surface area contributed by atoms with Gasteiger partial charge in [-0.05, 0) is 57.5 Å². The average molecular weight is 451 g/mol. The largest absolute Gasteiger partial charge is 0.465 e. The Balaban J connectivity index is 1.48. The Labute approximate surface area is 195 Å². The third kappa shape index (κ3) is 5.20. The van der Waals surface area contributed by atoms with Crippen LogP contribution in [0.5, 0.6) is 0 Å². The summed E-state index contributed by atoms with van der Waals surface area (Å²) in [6.07, 6.45) is 4.02. The third-order valence-corrected chi connectivity index (χ3v) is 6.35. The Bertz CT molecular complexity index is 1100. The predicted octanol–water partition coefficient (Wildman–Crippen LogP) is 3.54. The summed E-state index contributed by atoms with van der Waals surface area (Å²) in [6.45, 7) is 11.3. The molecule has 2 atom stereocenters. The first kappa shape index (κ1) is 23.3. The Hall–Kier alpha value is -2.90. The number of ether oxygens (including phenoxy) is 1. The van der Waals surface area contributed by atoms with Crippen LogP contribution in [0.4, 0.5) is 5.69 Å². The number of pyridine rings is 1. The number of methoxy groups -OCH3 is 1. The molecule has 0 spiro atoms. The number of carbonyl (C=O) groups excluding carboxylic acids is 1. The van der Waals surface area contributed by atoms with Gasteiger partial charge in [0.15, 0.2) is 0 Å². The van der Waals surface area contributed by atoms with Crippen LogP contribution in [0.15, 0.2) is 48.8 Å². The van der Waals surface area contributed by atoms with E-state index in [1.807, 2.05) is 32.2 Å². The van der Waals surface area contributed by atoms with Crippen molar-refractivity contribution in [3.05, 3.63) is 59.9 Å². The minimum atomic E-state index is -0.701. The topological polar surface area (TPSA) is 70.8 Å². The summed E-state index contributed by atoms with van der Waals surface area (Å²) in [5.74, 6) is -0.327. The fourth-order valence-corrected chi connectivity index (χ4v) is 4.75. The van der Waals surface area contributed by atoms with Gasteiger partial charge in [-0.2, -0.15) is 0 Å². The lowest BCUT2D eigenvalue weighted by Gasteiger charge is -2.47. The lowest BCUT2D eigenvalue weighted by molar-refractivity contribution is 0.00247. The molecular weight excluding hydrogens is 416 g/mol. The first-order valence-electron chi connectivity index (χ1n) is 11.5. The number of anilines is 1. The molecule has 3 heterocycles. The zero-order valence-corrected chi connectivity index (χ0v) is 20.2. The maximum absolute atomic E-state index is 11.6. The van der Waals surface area contributed by atoms with Gasteiger partial charge in [-0.1, -0.05) is 12.1 Å². The molecular formula is C26H34N4O3. The summed E-state index contributed by atoms with van der Waals surface area (Å²) >= 11 is 0. The molecule has 1 aromatic carbocycles. The van der Waals surface area contributed by atoms with Crippen LogP contribution in [-0.2, 0) is 11.3 Å². The average Bonchev–Trinajstić information content (AvgIpc) is 3.17. The quantitative estimate of drug-likeness (QED) is 0.580. The Morgan fingerprint density at radius 2 is 1.82 bits per heavy atom. The van der Waals surface area contributed by atoms with E-state index in [4.69, 9.17) is 9.72 Å². The van der Waals surface area contributed by atoms with Crippen LogP contribution in [0.2, 0.25) is 0 Å². The Morgan fingerprint density at radius 1 is 1.15 bits per heavy atom. The molecule has 2 unspecified atom stereocenters. The molecule has 2 aromatic heterocycles. The van der Waals surface area contributed by atoms with E-state index in [1.54, 1.807) is 12.1 Å². The van der Waals surface area contributed by atoms with Crippen molar-refractivity contribution in [2.45, 2.75) is 51.9 Å². The van der Waals surface area contributed by atoms with Gasteiger partial charge in [-0.15, -0.1) is 0 Å². The lowest BCUT2D eigenvalue weighted by atomic mass is 10.0. The standard InChI is InChI=1S/C26H34N4O3/c1-18-14-29(15-19(2)30(18)17-26(3,4)32)23-12-22-10-11-28(24(22)27-13-23)16-20-6-8-21(9-7-20)25(31)33-5/h6-13,18-19,32H,14-17H2,1-5H3. The molecule has 0 bridgehead atoms. The SMILES string of the molecule is COC(=O)c1ccc(Cn2ccc3cc(N4CC(C)N(CC(C)(C)O)C(C)C4)cnc32)cc1. The normalized spacial score (nSPS) is 19.8. The smallest absolute Gasteiger partial charge is 0.337 e. The molecule has 1 fully saturated rings. The molecule has 1 saturated heterocycles. The number of esters is 1. The highest BCUT2D eigenvalue weighted by Gasteiger charge is 2.32. The number of benzene rings is 1. The molecule has 176 valence electrons. The van der Waals surface area contributed by atoms with E-state index in [0.717, 1.165) is 35.4 Å². The van der Waals surface area contributed by atoms with E-state index in [9.17, 15) is 9.90 Å². The van der Waals surface area contributed by atoms with Crippen molar-refractivity contribution in [2.24, 2.45) is 0 Å². The van der Waals surface area contributed by atoms with E-state index in [1.165, 1.54) is 7.11 Å². The molecule has 3 aromatic rings. The molecule has 33 heavy (non-hydrogen) atoms. The highest BCUT2D eigenvalue weighted by molar-refractivity contribution is 5.89. The second-order valence-electron chi connectivity index (χ2n) is 9.83. The van der Waals surface area contributed by atoms with Crippen LogP contribution >= 0.6 is 0 Å². The summed E-state index contributed by atoms with van der Waals surface area (Å²) < 4.78 is 6.89. The number of carbonyl (C=O) groups is 1. The van der Waals surface area contributed by atoms with Gasteiger partial charge in [-0.3, -0.25) is 4.90 Å². The van der Waals surface area contributed by atoms with Gasteiger partial charge in [-0.25, -0.2) is 9.78 Å². The molecule has 0 radical (unpaired) electrons. The van der Waals surface area contributed by atoms with Crippen LogP contribution in [0.1, 0.15) is 43.6 Å². The van der Waals surface area contributed by atoms with Crippen LogP contribution in [0.25, 0.3) is 11.0 Å². The molecule has 0 aliphatic carbocycles. The zero-order valence-electron chi connectivity index (χ0n) is 20.2. The predicted molar refractivity (Wildman–Crippen MR) is 131 cm³/mol. The highest BCUT2D eigenvalue weighted by atomic mass is 16.5. The van der Waals surface area contributed by atoms with Crippen molar-refractivity contribution in [3.63, 3.8) is 0 Å². The number of hydrogen-bond acceptors (Lipinski definition) is 6. The lowest BCUT2D eigenvalue weighted by Crippen LogP contribution is -2.59. The summed E-state index contributed by atoms with van der Waals surface area (Å²) in [4.78, 5) is 21.2. The number of aliphatic hydroxyl groups is 1. The number of aromatic nitrogens is 2. The summed E-state index contributed by atoms with van der Waals surface area (Å²) in [5.41, 5.74) is 3.01. The molecule has 0 amide bonds. The first-order valence-corrected chi connectivity index (χ1v) is 11.5. The van der Waals surface area contributed by atoms with Crippen LogP contribution < -0.4 is 4.90 Å². The number of nitrogens with zero attached hydrogens (tertiary/aromatic N) is 4. The third-order valence-electron chi connectivity index (χ3n) is 6.35. The van der Waals surface area contributed by atoms with E-state index in [0.29, 0.717) is 30.7 Å². The van der Waals surface area contributed by atoms with Crippen LogP contribution in [-0.4, -0.2) is 70.0 Å². The highest BCUT2D eigenvalue weighted by Crippen LogP contribution is 2.26. The summed E-state index contributed by atoms with van der Waals surface area (Å²) in [7, 11) is 1.39. The molecule has 1 aliphatic heterocycles. The van der Waals surface area contributed by atoms with Crippen molar-refractivity contribution < 1.29 is 14.6 Å². The van der Waals surface area contributed by atoms with Gasteiger partial charge >= 0.3 is 5.97 Å². The molecule has 1 aliphatic rings. The Morgan fingerprint density at radius 3 is 2.42 bits per heavy atom. The van der Waals surface area contributed by atoms with Gasteiger partial charge in [0.2, 0.25) is 0 Å². The fourth-order valence-electron chi connectivity index (χ4n) is 4.75. The summed E-state index contributed by atoms with van der Waals surface area (Å²) in [6, 6.07) is 12.5. The van der Waals surface area contributed by atoms with Gasteiger partial charge < -0.3 is 19.3 Å². The van der Waals surface area contributed by atoms with Crippen LogP contribution in [0, 0.1) is 0 Å². The van der Waals surface area contributed by atoms with Crippen LogP contribution in [0.3, 0.4) is 0 Å². The minimum Gasteiger partial charge on any atom is -0.465 e. The Kier molecular flexibility index (Phi) is 6.45. The molecule has 0 saturated carbocycles. The van der Waals surface area contributed by atoms with Crippen molar-refractivity contribution >= 4 is 22.7 Å². The zero-order chi connectivity index (χ0) is 23.8. The monoisotopic (exact) mass is 450 g/mol. The molecule has 4 rings (SSSR count). The second-order valence-corrected chi connectivity index (χ2v) is 9.83. The molecule has 7 nitrogen and oxygen atoms in total. The van der Waals surface area contributed by atoms with E-state index < -0.39 is 5.60 Å². The minimum absolute atomic E-state index is 0.327. The van der Waals surface area contributed by atoms with Gasteiger partial charge in [0, 0.05) is 49.8 Å². The maximum atomic E-state index is 11.6. The van der Waals surface area contributed by atoms with E-state index in [2.05, 4.69) is 46.5 Å². The van der Waals surface area contributed by atoms with Crippen molar-refractivity contribution in [2.75, 3.05) is 31.6 Å². The van der Waals surface area contributed by atoms with Crippen molar-refractivity contribution in [1.29, 1.82) is 0 Å². The van der Waals surface area contributed by atoms with Gasteiger partial charge in [0.25, 0.3) is 0 Å². The number of fused-ring (bicyclic) bond motifs is 1. The second kappa shape index (κ2) is 9.15. The van der Waals surface area contributed by atoms with E-state index >= 15 is 0 Å². The van der Waals surface area contributed by atoms with Crippen molar-refractivity contribution in [1.82, 2.24) is 14.5 Å². The van der Waals surface area contributed by atoms with Gasteiger partial charge in [0.05, 0.1) is 30.2 Å². The fraction of sp³-hybridized carbons (Fsp3) is 0.462.